The Hall–Kier alpha value is -2.69. The summed E-state index contributed by atoms with van der Waals surface area (Å²) in [6.07, 6.45) is -1.21. The molecule has 1 amide bonds. The summed E-state index contributed by atoms with van der Waals surface area (Å²) in [5, 5.41) is 20.6. The van der Waals surface area contributed by atoms with Crippen molar-refractivity contribution in [3.8, 4) is 5.75 Å². The largest absolute Gasteiger partial charge is 0.525 e. The monoisotopic (exact) mass is 420 g/mol. The highest BCUT2D eigenvalue weighted by Crippen LogP contribution is 2.42. The quantitative estimate of drug-likeness (QED) is 0.335. The summed E-state index contributed by atoms with van der Waals surface area (Å²) in [6.45, 7) is 4.83. The second kappa shape index (κ2) is 8.55. The first-order chi connectivity index (χ1) is 12.6. The van der Waals surface area contributed by atoms with E-state index in [1.165, 1.54) is 13.1 Å². The van der Waals surface area contributed by atoms with Gasteiger partial charge in [-0.15, -0.1) is 0 Å². The molecule has 0 fully saturated rings. The van der Waals surface area contributed by atoms with Crippen molar-refractivity contribution in [2.75, 3.05) is 7.05 Å². The van der Waals surface area contributed by atoms with E-state index in [1.54, 1.807) is 20.8 Å². The number of nitrogens with zero attached hydrogens (tertiary/aromatic N) is 2. The zero-order valence-corrected chi connectivity index (χ0v) is 16.5. The molecule has 1 atom stereocenters. The molecule has 0 aromatic heterocycles. The molecule has 1 rings (SSSR count). The lowest BCUT2D eigenvalue weighted by Crippen LogP contribution is -2.46. The van der Waals surface area contributed by atoms with Crippen molar-refractivity contribution in [2.24, 2.45) is 0 Å². The number of rotatable bonds is 7. The van der Waals surface area contributed by atoms with E-state index in [4.69, 9.17) is 14.5 Å². The van der Waals surface area contributed by atoms with Crippen LogP contribution in [0.3, 0.4) is 0 Å². The van der Waals surface area contributed by atoms with Gasteiger partial charge in [0, 0.05) is 19.5 Å². The lowest BCUT2D eigenvalue weighted by atomic mass is 10.0. The Labute approximate surface area is 160 Å². The fraction of sp³-hybridized carbons (Fsp3) is 0.467. The van der Waals surface area contributed by atoms with Crippen molar-refractivity contribution in [2.45, 2.75) is 38.8 Å². The molecule has 0 heterocycles. The van der Waals surface area contributed by atoms with Crippen LogP contribution >= 0.6 is 7.82 Å². The number of hydrogen-bond acceptors (Lipinski definition) is 7. The minimum absolute atomic E-state index is 0.132. The van der Waals surface area contributed by atoms with Crippen molar-refractivity contribution in [3.05, 3.63) is 33.9 Å². The molecule has 0 aliphatic carbocycles. The van der Waals surface area contributed by atoms with Crippen LogP contribution in [0.5, 0.6) is 5.75 Å². The maximum absolute atomic E-state index is 12.1. The van der Waals surface area contributed by atoms with Gasteiger partial charge in [0.05, 0.1) is 4.92 Å². The first kappa shape index (κ1) is 23.3. The number of hydrogen-bond donors (Lipinski definition) is 3. The lowest BCUT2D eigenvalue weighted by Gasteiger charge is -2.28. The summed E-state index contributed by atoms with van der Waals surface area (Å²) in [5.41, 5.74) is -1.48. The Morgan fingerprint density at radius 1 is 1.32 bits per heavy atom. The van der Waals surface area contributed by atoms with E-state index in [1.807, 2.05) is 0 Å². The minimum atomic E-state index is -5.03. The number of carboxylic acids is 1. The Kier molecular flexibility index (Phi) is 7.13. The second-order valence-electron chi connectivity index (χ2n) is 6.79. The van der Waals surface area contributed by atoms with Gasteiger partial charge in [-0.3, -0.25) is 24.8 Å². The Balaban J connectivity index is 3.15. The Bertz CT molecular complexity index is 814. The van der Waals surface area contributed by atoms with Gasteiger partial charge >= 0.3 is 25.6 Å². The highest BCUT2D eigenvalue weighted by Gasteiger charge is 2.31. The summed E-state index contributed by atoms with van der Waals surface area (Å²) < 4.78 is 20.3. The molecule has 0 spiro atoms. The van der Waals surface area contributed by atoms with Crippen LogP contribution in [0.4, 0.5) is 10.5 Å². The van der Waals surface area contributed by atoms with E-state index in [0.29, 0.717) is 0 Å². The molecule has 0 bridgehead atoms. The van der Waals surface area contributed by atoms with Gasteiger partial charge in [0.1, 0.15) is 11.6 Å². The average Bonchev–Trinajstić information content (AvgIpc) is 2.49. The average molecular weight is 420 g/mol. The van der Waals surface area contributed by atoms with Gasteiger partial charge < -0.3 is 14.4 Å². The third-order valence-electron chi connectivity index (χ3n) is 3.30. The van der Waals surface area contributed by atoms with Crippen LogP contribution in [0, 0.1) is 10.1 Å². The van der Waals surface area contributed by atoms with Gasteiger partial charge in [0.15, 0.2) is 0 Å². The molecule has 13 heteroatoms. The predicted octanol–water partition coefficient (Wildman–Crippen LogP) is 1.93. The number of ether oxygens (including phenoxy) is 1. The van der Waals surface area contributed by atoms with Crippen molar-refractivity contribution >= 4 is 25.6 Å². The van der Waals surface area contributed by atoms with Gasteiger partial charge in [-0.25, -0.2) is 14.2 Å². The van der Waals surface area contributed by atoms with Crippen LogP contribution in [0.2, 0.25) is 0 Å². The number of carbonyl (C=O) groups is 2. The van der Waals surface area contributed by atoms with Crippen LogP contribution < -0.4 is 4.52 Å². The van der Waals surface area contributed by atoms with Crippen molar-refractivity contribution < 1.29 is 43.2 Å². The summed E-state index contributed by atoms with van der Waals surface area (Å²) in [7, 11) is -3.81. The number of carbonyl (C=O) groups excluding carboxylic acids is 1. The van der Waals surface area contributed by atoms with E-state index in [-0.39, 0.29) is 12.0 Å². The molecular weight excluding hydrogens is 399 g/mol. The molecular formula is C15H21N2O10P. The van der Waals surface area contributed by atoms with Gasteiger partial charge in [-0.05, 0) is 32.4 Å². The van der Waals surface area contributed by atoms with E-state index >= 15 is 0 Å². The number of phosphoric acid groups is 1. The smallest absolute Gasteiger partial charge is 0.480 e. The molecule has 1 aromatic rings. The molecule has 12 nitrogen and oxygen atoms in total. The second-order valence-corrected chi connectivity index (χ2v) is 7.95. The fourth-order valence-electron chi connectivity index (χ4n) is 2.11. The van der Waals surface area contributed by atoms with Gasteiger partial charge in [-0.2, -0.15) is 0 Å². The number of benzene rings is 1. The highest BCUT2D eigenvalue weighted by atomic mass is 31.2. The van der Waals surface area contributed by atoms with E-state index in [9.17, 15) is 29.4 Å². The molecule has 0 saturated heterocycles. The molecule has 28 heavy (non-hydrogen) atoms. The molecule has 1 unspecified atom stereocenters. The van der Waals surface area contributed by atoms with Crippen molar-refractivity contribution in [1.82, 2.24) is 4.90 Å². The number of aliphatic carboxylic acids is 1. The first-order valence-electron chi connectivity index (χ1n) is 7.82. The summed E-state index contributed by atoms with van der Waals surface area (Å²) in [5.74, 6) is -2.04. The standard InChI is InChI=1S/C15H21N2O10P/c1-15(2,3)26-14(20)16(4)11(13(18)19)8-9-5-6-12(27-28(23,24)25)10(7-9)17(21)22/h5-7,11H,8H2,1-4H3,(H,18,19)(H2,23,24,25). The zero-order valence-electron chi connectivity index (χ0n) is 15.6. The van der Waals surface area contributed by atoms with Gasteiger partial charge in [0.2, 0.25) is 5.75 Å². The number of phosphoric ester groups is 1. The number of amides is 1. The van der Waals surface area contributed by atoms with Gasteiger partial charge in [0.25, 0.3) is 0 Å². The van der Waals surface area contributed by atoms with E-state index in [2.05, 4.69) is 4.52 Å². The van der Waals surface area contributed by atoms with Crippen LogP contribution in [0.1, 0.15) is 26.3 Å². The summed E-state index contributed by atoms with van der Waals surface area (Å²) >= 11 is 0. The molecule has 0 radical (unpaired) electrons. The molecule has 0 aliphatic heterocycles. The maximum atomic E-state index is 12.1. The minimum Gasteiger partial charge on any atom is -0.480 e. The third-order valence-corrected chi connectivity index (χ3v) is 3.73. The number of carboxylic acid groups (broad SMARTS) is 1. The summed E-state index contributed by atoms with van der Waals surface area (Å²) in [6, 6.07) is 1.67. The molecule has 0 aliphatic rings. The molecule has 3 N–H and O–H groups in total. The number of nitro benzene ring substituents is 1. The molecule has 1 aromatic carbocycles. The SMILES string of the molecule is CN(C(=O)OC(C)(C)C)C(Cc1ccc(OP(=O)(O)O)c([N+](=O)[O-])c1)C(=O)O. The number of likely N-dealkylation sites (N-methyl/N-ethyl adjacent to an activating group) is 1. The zero-order chi connectivity index (χ0) is 21.9. The van der Waals surface area contributed by atoms with Crippen LogP contribution in [-0.4, -0.2) is 55.5 Å². The normalized spacial score (nSPS) is 12.8. The highest BCUT2D eigenvalue weighted by molar-refractivity contribution is 7.46. The molecule has 0 saturated carbocycles. The molecule has 156 valence electrons. The lowest BCUT2D eigenvalue weighted by molar-refractivity contribution is -0.385. The fourth-order valence-corrected chi connectivity index (χ4v) is 2.52. The van der Waals surface area contributed by atoms with Gasteiger partial charge in [-0.1, -0.05) is 6.07 Å². The van der Waals surface area contributed by atoms with Crippen molar-refractivity contribution in [1.29, 1.82) is 0 Å². The van der Waals surface area contributed by atoms with Crippen LogP contribution in [-0.2, 0) is 20.5 Å². The predicted molar refractivity (Wildman–Crippen MR) is 94.9 cm³/mol. The van der Waals surface area contributed by atoms with E-state index < -0.39 is 47.9 Å². The summed E-state index contributed by atoms with van der Waals surface area (Å²) in [4.78, 5) is 52.4. The Morgan fingerprint density at radius 2 is 1.89 bits per heavy atom. The van der Waals surface area contributed by atoms with Crippen LogP contribution in [0.15, 0.2) is 18.2 Å². The van der Waals surface area contributed by atoms with Crippen molar-refractivity contribution in [3.63, 3.8) is 0 Å². The number of nitro groups is 1. The van der Waals surface area contributed by atoms with E-state index in [0.717, 1.165) is 17.0 Å². The maximum Gasteiger partial charge on any atom is 0.525 e. The Morgan fingerprint density at radius 3 is 2.32 bits per heavy atom. The topological polar surface area (TPSA) is 177 Å². The third kappa shape index (κ3) is 7.14. The first-order valence-corrected chi connectivity index (χ1v) is 9.35. The van der Waals surface area contributed by atoms with Crippen LogP contribution in [0.25, 0.3) is 0 Å².